The number of aromatic nitrogens is 2. The molecule has 1 aliphatic rings. The monoisotopic (exact) mass is 528 g/mol. The molecule has 0 atom stereocenters. The first-order valence-corrected chi connectivity index (χ1v) is 13.7. The predicted molar refractivity (Wildman–Crippen MR) is 137 cm³/mol. The van der Waals surface area contributed by atoms with E-state index >= 15 is 0 Å². The summed E-state index contributed by atoms with van der Waals surface area (Å²) in [5.74, 6) is 1.91. The number of carbonyl (C=O) groups excluding carboxylic acids is 1. The molecule has 0 radical (unpaired) electrons. The van der Waals surface area contributed by atoms with Crippen molar-refractivity contribution in [1.82, 2.24) is 19.3 Å². The molecule has 1 fully saturated rings. The highest BCUT2D eigenvalue weighted by Gasteiger charge is 2.28. The molecule has 0 spiro atoms. The van der Waals surface area contributed by atoms with Gasteiger partial charge in [-0.15, -0.1) is 0 Å². The van der Waals surface area contributed by atoms with Crippen LogP contribution in [0.3, 0.4) is 0 Å². The Morgan fingerprint density at radius 1 is 1.14 bits per heavy atom. The second-order valence-electron chi connectivity index (χ2n) is 8.80. The largest absolute Gasteiger partial charge is 0.496 e. The number of hydrogen-bond acceptors (Lipinski definition) is 8. The van der Waals surface area contributed by atoms with Crippen LogP contribution in [0, 0.1) is 0 Å². The maximum atomic E-state index is 13.0. The highest BCUT2D eigenvalue weighted by atomic mass is 32.2. The molecule has 0 N–H and O–H groups in total. The van der Waals surface area contributed by atoms with Crippen LogP contribution in [0.15, 0.2) is 51.9 Å². The summed E-state index contributed by atoms with van der Waals surface area (Å²) >= 11 is 0. The Balaban J connectivity index is 1.38. The first kappa shape index (κ1) is 26.6. The average Bonchev–Trinajstić information content (AvgIpc) is 3.61. The van der Waals surface area contributed by atoms with Crippen molar-refractivity contribution in [2.45, 2.75) is 44.0 Å². The molecule has 11 heteroatoms. The summed E-state index contributed by atoms with van der Waals surface area (Å²) < 4.78 is 43.6. The van der Waals surface area contributed by atoms with E-state index in [1.807, 2.05) is 31.2 Å². The Morgan fingerprint density at radius 3 is 2.54 bits per heavy atom. The van der Waals surface area contributed by atoms with Gasteiger partial charge in [-0.2, -0.15) is 9.29 Å². The minimum atomic E-state index is -3.56. The lowest BCUT2D eigenvalue weighted by Gasteiger charge is -2.18. The van der Waals surface area contributed by atoms with Crippen LogP contribution < -0.4 is 9.47 Å². The SMILES string of the molecule is CCOc1ccc(-c2noc(CN(C)C(=O)CCc3cc(S(=O)(=O)N4CCCC4)ccc3OC)n2)cc1. The Morgan fingerprint density at radius 2 is 1.86 bits per heavy atom. The number of carbonyl (C=O) groups is 1. The smallest absolute Gasteiger partial charge is 0.246 e. The van der Waals surface area contributed by atoms with Gasteiger partial charge in [0.25, 0.3) is 0 Å². The molecule has 0 unspecified atom stereocenters. The van der Waals surface area contributed by atoms with Crippen molar-refractivity contribution in [1.29, 1.82) is 0 Å². The summed E-state index contributed by atoms with van der Waals surface area (Å²) in [6, 6.07) is 12.2. The lowest BCUT2D eigenvalue weighted by molar-refractivity contribution is -0.130. The number of nitrogens with zero attached hydrogens (tertiary/aromatic N) is 4. The van der Waals surface area contributed by atoms with E-state index in [0.717, 1.165) is 24.2 Å². The minimum Gasteiger partial charge on any atom is -0.496 e. The van der Waals surface area contributed by atoms with Gasteiger partial charge in [-0.1, -0.05) is 5.16 Å². The number of methoxy groups -OCH3 is 1. The third-order valence-corrected chi connectivity index (χ3v) is 8.15. The van der Waals surface area contributed by atoms with Crippen molar-refractivity contribution in [3.05, 3.63) is 53.9 Å². The summed E-state index contributed by atoms with van der Waals surface area (Å²) in [7, 11) is -0.372. The second-order valence-corrected chi connectivity index (χ2v) is 10.7. The van der Waals surface area contributed by atoms with E-state index in [1.54, 1.807) is 25.2 Å². The summed E-state index contributed by atoms with van der Waals surface area (Å²) in [6.07, 6.45) is 2.23. The lowest BCUT2D eigenvalue weighted by Crippen LogP contribution is -2.28. The van der Waals surface area contributed by atoms with Gasteiger partial charge in [-0.3, -0.25) is 4.79 Å². The third kappa shape index (κ3) is 6.28. The number of sulfonamides is 1. The normalized spacial score (nSPS) is 14.0. The lowest BCUT2D eigenvalue weighted by atomic mass is 10.1. The van der Waals surface area contributed by atoms with Crippen LogP contribution in [0.1, 0.15) is 37.6 Å². The minimum absolute atomic E-state index is 0.143. The van der Waals surface area contributed by atoms with Gasteiger partial charge in [0.2, 0.25) is 27.6 Å². The van der Waals surface area contributed by atoms with Gasteiger partial charge in [0.05, 0.1) is 25.2 Å². The molecule has 2 aromatic carbocycles. The van der Waals surface area contributed by atoms with Crippen LogP contribution >= 0.6 is 0 Å². The maximum Gasteiger partial charge on any atom is 0.246 e. The Kier molecular flexibility index (Phi) is 8.45. The zero-order chi connectivity index (χ0) is 26.4. The number of amides is 1. The molecular weight excluding hydrogens is 496 g/mol. The van der Waals surface area contributed by atoms with Crippen molar-refractivity contribution in [3.63, 3.8) is 0 Å². The van der Waals surface area contributed by atoms with Crippen molar-refractivity contribution in [2.24, 2.45) is 0 Å². The topological polar surface area (TPSA) is 115 Å². The highest BCUT2D eigenvalue weighted by Crippen LogP contribution is 2.27. The molecule has 3 aromatic rings. The number of aryl methyl sites for hydroxylation is 1. The van der Waals surface area contributed by atoms with Crippen LogP contribution in [-0.4, -0.2) is 67.5 Å². The fraction of sp³-hybridized carbons (Fsp3) is 0.423. The standard InChI is InChI=1S/C26H32N4O6S/c1-4-35-21-10-7-19(8-11-21)26-27-24(36-28-26)18-29(2)25(31)14-9-20-17-22(12-13-23(20)34-3)37(32,33)30-15-5-6-16-30/h7-8,10-13,17H,4-6,9,14-16,18H2,1-3H3. The van der Waals surface area contributed by atoms with Gasteiger partial charge in [0.15, 0.2) is 0 Å². The fourth-order valence-electron chi connectivity index (χ4n) is 4.22. The molecule has 1 aliphatic heterocycles. The summed E-state index contributed by atoms with van der Waals surface area (Å²) in [5.41, 5.74) is 1.45. The van der Waals surface area contributed by atoms with Crippen LogP contribution in [-0.2, 0) is 27.8 Å². The first-order valence-electron chi connectivity index (χ1n) is 12.3. The summed E-state index contributed by atoms with van der Waals surface area (Å²) in [5, 5.41) is 4.01. The molecule has 1 aromatic heterocycles. The van der Waals surface area contributed by atoms with E-state index in [-0.39, 0.29) is 23.8 Å². The molecule has 0 aliphatic carbocycles. The number of hydrogen-bond donors (Lipinski definition) is 0. The molecule has 198 valence electrons. The molecule has 0 saturated carbocycles. The van der Waals surface area contributed by atoms with Crippen LogP contribution in [0.25, 0.3) is 11.4 Å². The van der Waals surface area contributed by atoms with E-state index in [0.29, 0.717) is 49.1 Å². The molecule has 1 saturated heterocycles. The van der Waals surface area contributed by atoms with E-state index in [1.165, 1.54) is 16.3 Å². The number of benzene rings is 2. The summed E-state index contributed by atoms with van der Waals surface area (Å²) in [4.78, 5) is 19.0. The Hall–Kier alpha value is -3.44. The van der Waals surface area contributed by atoms with Gasteiger partial charge >= 0.3 is 0 Å². The zero-order valence-corrected chi connectivity index (χ0v) is 22.2. The predicted octanol–water partition coefficient (Wildman–Crippen LogP) is 3.52. The molecular formula is C26H32N4O6S. The summed E-state index contributed by atoms with van der Waals surface area (Å²) in [6.45, 7) is 3.72. The second kappa shape index (κ2) is 11.7. The van der Waals surface area contributed by atoms with E-state index in [9.17, 15) is 13.2 Å². The van der Waals surface area contributed by atoms with Crippen molar-refractivity contribution in [2.75, 3.05) is 33.9 Å². The van der Waals surface area contributed by atoms with Gasteiger partial charge in [-0.25, -0.2) is 8.42 Å². The average molecular weight is 529 g/mol. The first-order chi connectivity index (χ1) is 17.8. The molecule has 4 rings (SSSR count). The zero-order valence-electron chi connectivity index (χ0n) is 21.3. The highest BCUT2D eigenvalue weighted by molar-refractivity contribution is 7.89. The Bertz CT molecular complexity index is 1320. The van der Waals surface area contributed by atoms with Crippen molar-refractivity contribution < 1.29 is 27.2 Å². The van der Waals surface area contributed by atoms with Gasteiger partial charge in [-0.05, 0) is 74.2 Å². The van der Waals surface area contributed by atoms with Crippen molar-refractivity contribution in [3.8, 4) is 22.9 Å². The van der Waals surface area contributed by atoms with E-state index in [4.69, 9.17) is 14.0 Å². The van der Waals surface area contributed by atoms with Crippen molar-refractivity contribution >= 4 is 15.9 Å². The van der Waals surface area contributed by atoms with Gasteiger partial charge in [0.1, 0.15) is 11.5 Å². The van der Waals surface area contributed by atoms with E-state index in [2.05, 4.69) is 10.1 Å². The molecule has 0 bridgehead atoms. The number of rotatable bonds is 11. The molecule has 10 nitrogen and oxygen atoms in total. The number of ether oxygens (including phenoxy) is 2. The molecule has 1 amide bonds. The quantitative estimate of drug-likeness (QED) is 0.371. The fourth-order valence-corrected chi connectivity index (χ4v) is 5.78. The molecule has 37 heavy (non-hydrogen) atoms. The third-order valence-electron chi connectivity index (χ3n) is 6.25. The van der Waals surface area contributed by atoms with Gasteiger partial charge in [0, 0.05) is 32.1 Å². The van der Waals surface area contributed by atoms with E-state index < -0.39 is 10.0 Å². The Labute approximate surface area is 217 Å². The maximum absolute atomic E-state index is 13.0. The van der Waals surface area contributed by atoms with Gasteiger partial charge < -0.3 is 18.9 Å². The van der Waals surface area contributed by atoms with Crippen LogP contribution in [0.5, 0.6) is 11.5 Å². The van der Waals surface area contributed by atoms with Crippen LogP contribution in [0.4, 0.5) is 0 Å². The molecule has 2 heterocycles. The van der Waals surface area contributed by atoms with Crippen LogP contribution in [0.2, 0.25) is 0 Å².